The highest BCUT2D eigenvalue weighted by Crippen LogP contribution is 2.41. The molecule has 0 unspecified atom stereocenters. The molecule has 17 rings (SSSR count). The molecule has 16 aromatic carbocycles. The van der Waals surface area contributed by atoms with Crippen molar-refractivity contribution < 1.29 is 71.4 Å². The van der Waals surface area contributed by atoms with Gasteiger partial charge in [0.2, 0.25) is 0 Å². The van der Waals surface area contributed by atoms with Crippen molar-refractivity contribution in [1.29, 1.82) is 0 Å². The molecule has 0 spiro atoms. The van der Waals surface area contributed by atoms with Gasteiger partial charge in [-0.25, -0.2) is 0 Å². The third kappa shape index (κ3) is 26.2. The van der Waals surface area contributed by atoms with Gasteiger partial charge in [0.05, 0.1) is 0 Å². The van der Waals surface area contributed by atoms with Crippen molar-refractivity contribution in [3.05, 3.63) is 489 Å². The third-order valence-corrected chi connectivity index (χ3v) is 22.2. The molecule has 0 aromatic heterocycles. The lowest BCUT2D eigenvalue weighted by molar-refractivity contribution is 0.0437. The Labute approximate surface area is 765 Å². The first-order chi connectivity index (χ1) is 64.6. The van der Waals surface area contributed by atoms with Gasteiger partial charge in [0.1, 0.15) is 179 Å². The van der Waals surface area contributed by atoms with E-state index in [2.05, 4.69) is 5.32 Å². The van der Waals surface area contributed by atoms with Crippen LogP contribution in [0.15, 0.2) is 400 Å². The van der Waals surface area contributed by atoms with E-state index in [4.69, 9.17) is 66.3 Å². The van der Waals surface area contributed by atoms with E-state index in [1.165, 1.54) is 0 Å². The van der Waals surface area contributed by atoms with E-state index in [1.54, 1.807) is 0 Å². The molecule has 0 bridgehead atoms. The van der Waals surface area contributed by atoms with Gasteiger partial charge >= 0.3 is 0 Å². The molecule has 1 atom stereocenters. The van der Waals surface area contributed by atoms with Crippen LogP contribution in [0.2, 0.25) is 0 Å². The van der Waals surface area contributed by atoms with Gasteiger partial charge in [-0.1, -0.05) is 267 Å². The highest BCUT2D eigenvalue weighted by atomic mass is 16.5. The predicted molar refractivity (Wildman–Crippen MR) is 508 cm³/mol. The summed E-state index contributed by atoms with van der Waals surface area (Å²) >= 11 is 0. The van der Waals surface area contributed by atoms with Crippen LogP contribution < -0.4 is 71.6 Å². The van der Waals surface area contributed by atoms with Crippen LogP contribution >= 0.6 is 0 Å². The Kier molecular flexibility index (Phi) is 30.0. The van der Waals surface area contributed by atoms with Gasteiger partial charge in [-0.15, -0.1) is 0 Å². The molecule has 1 aliphatic rings. The number of benzene rings is 16. The zero-order chi connectivity index (χ0) is 88.7. The van der Waals surface area contributed by atoms with Crippen LogP contribution in [0.3, 0.4) is 0 Å². The van der Waals surface area contributed by atoms with Crippen molar-refractivity contribution in [3.8, 4) is 80.5 Å². The molecule has 0 saturated carbocycles. The van der Waals surface area contributed by atoms with Gasteiger partial charge in [-0.3, -0.25) is 0 Å². The summed E-state index contributed by atoms with van der Waals surface area (Å²) in [6, 6.07) is 131. The van der Waals surface area contributed by atoms with Gasteiger partial charge in [0.25, 0.3) is 0 Å². The number of rotatable bonds is 45. The van der Waals surface area contributed by atoms with Gasteiger partial charge < -0.3 is 76.7 Å². The molecular weight excluding hydrogens is 1640 g/mol. The van der Waals surface area contributed by atoms with Crippen molar-refractivity contribution in [2.75, 3.05) is 6.54 Å². The number of hydrogen-bond donors (Lipinski definition) is 2. The molecule has 16 heteroatoms. The van der Waals surface area contributed by atoms with Crippen LogP contribution in [0.25, 0.3) is 0 Å². The molecule has 1 aliphatic heterocycles. The van der Waals surface area contributed by atoms with E-state index in [-0.39, 0.29) is 45.7 Å². The molecule has 658 valence electrons. The highest BCUT2D eigenvalue weighted by Gasteiger charge is 2.42. The van der Waals surface area contributed by atoms with Crippen molar-refractivity contribution in [2.24, 2.45) is 0 Å². The maximum atomic E-state index is 13.6. The fourth-order valence-corrected chi connectivity index (χ4v) is 15.5. The predicted octanol–water partition coefficient (Wildman–Crippen LogP) is 24.8. The van der Waals surface area contributed by atoms with Gasteiger partial charge in [0.15, 0.2) is 0 Å². The summed E-state index contributed by atoms with van der Waals surface area (Å²) in [4.78, 5) is 0. The summed E-state index contributed by atoms with van der Waals surface area (Å²) in [7, 11) is 0. The van der Waals surface area contributed by atoms with Crippen LogP contribution in [0, 0.1) is 0 Å². The van der Waals surface area contributed by atoms with Crippen molar-refractivity contribution in [1.82, 2.24) is 5.32 Å². The Morgan fingerprint density at radius 1 is 0.183 bits per heavy atom. The summed E-state index contributed by atoms with van der Waals surface area (Å²) in [6.45, 7) is 4.63. The normalized spacial score (nSPS) is 12.2. The van der Waals surface area contributed by atoms with Gasteiger partial charge in [0, 0.05) is 42.4 Å². The Morgan fingerprint density at radius 2 is 0.351 bits per heavy atom. The first-order valence-corrected chi connectivity index (χ1v) is 44.2. The van der Waals surface area contributed by atoms with E-state index in [1.807, 2.05) is 400 Å². The van der Waals surface area contributed by atoms with Crippen molar-refractivity contribution >= 4 is 0 Å². The van der Waals surface area contributed by atoms with Gasteiger partial charge in [-0.2, -0.15) is 0 Å². The van der Waals surface area contributed by atoms with Crippen LogP contribution in [0.4, 0.5) is 0 Å². The van der Waals surface area contributed by atoms with Crippen LogP contribution in [0.1, 0.15) is 102 Å². The summed E-state index contributed by atoms with van der Waals surface area (Å²) < 4.78 is 92.0. The molecule has 1 fully saturated rings. The Hall–Kier alpha value is -15.4. The first-order valence-electron chi connectivity index (χ1n) is 44.2. The number of ether oxygens (including phenoxy) is 14. The zero-order valence-corrected chi connectivity index (χ0v) is 72.9. The standard InChI is InChI=1S/C115H103NO15/c117-115(114-48-27-49-116-114,98-44-25-46-100(62-98)118-78-92-50-102(120-70-84-28-9-1-10-29-84)66-110(52-92)128-82-96-58-108(126-76-90-40-21-7-22-41-90)68-112(60-96)130-80-94-54-104(122-72-86-32-13-3-14-33-86)64-105(55-94)123-73-87-34-15-4-16-35-87)99-45-26-47-101(63-99)119-79-93-51-103(121-71-85-30-11-2-12-31-85)67-111(53-93)129-83-97-59-109(127-77-91-42-23-8-24-43-91)69-113(61-97)131-81-95-56-106(124-74-88-36-17-5-18-37-88)65-107(57-95)125-75-89-38-19-6-20-39-89/h1-26,28-47,50-69,114,116-117H,27,48-49,70-83H2/t114-/m0/s1. The third-order valence-electron chi connectivity index (χ3n) is 22.2. The molecule has 131 heavy (non-hydrogen) atoms. The molecule has 16 nitrogen and oxygen atoms in total. The maximum absolute atomic E-state index is 13.6. The lowest BCUT2D eigenvalue weighted by Gasteiger charge is -2.35. The minimum Gasteiger partial charge on any atom is -0.489 e. The Balaban J connectivity index is 0.593. The lowest BCUT2D eigenvalue weighted by atomic mass is 9.79. The molecule has 1 heterocycles. The van der Waals surface area contributed by atoms with E-state index < -0.39 is 5.60 Å². The average molecular weight is 1740 g/mol. The number of hydrogen-bond acceptors (Lipinski definition) is 16. The summed E-state index contributed by atoms with van der Waals surface area (Å²) in [5.41, 5.74) is 13.0. The molecule has 1 saturated heterocycles. The van der Waals surface area contributed by atoms with E-state index >= 15 is 0 Å². The quantitative estimate of drug-likeness (QED) is 0.0370. The highest BCUT2D eigenvalue weighted by molar-refractivity contribution is 5.49. The Morgan fingerprint density at radius 3 is 0.519 bits per heavy atom. The second-order valence-electron chi connectivity index (χ2n) is 32.3. The number of aliphatic hydroxyl groups is 1. The first kappa shape index (κ1) is 87.7. The average Bonchev–Trinajstić information content (AvgIpc) is 1.75. The van der Waals surface area contributed by atoms with Gasteiger partial charge in [-0.05, 0) is 205 Å². The largest absolute Gasteiger partial charge is 0.489 e. The SMILES string of the molecule is OC(c1cccc(OCc2cc(OCc3ccccc3)cc(OCc3cc(OCc4ccccc4)cc(OCc4cc(OCc5ccccc5)cc(OCc5ccccc5)c4)c3)c2)c1)(c1cccc(OCc2cc(OCc3ccccc3)cc(OCc3cc(OCc4ccccc4)cc(OCc4cc(OCc5ccccc5)cc(OCc5ccccc5)c4)c3)c2)c1)[C@@H]1CCCN1. The minimum absolute atomic E-state index is 0.139. The molecule has 0 radical (unpaired) electrons. The van der Waals surface area contributed by atoms with Crippen LogP contribution in [0.5, 0.6) is 80.5 Å². The van der Waals surface area contributed by atoms with Crippen LogP contribution in [-0.4, -0.2) is 17.7 Å². The molecule has 0 aliphatic carbocycles. The molecule has 2 N–H and O–H groups in total. The molecule has 0 amide bonds. The summed E-state index contributed by atoms with van der Waals surface area (Å²) in [5.74, 6) is 8.44. The molecular formula is C115H103NO15. The van der Waals surface area contributed by atoms with E-state index in [0.29, 0.717) is 144 Å². The fraction of sp³-hybridized carbons (Fsp3) is 0.165. The summed E-state index contributed by atoms with van der Waals surface area (Å²) in [6.07, 6.45) is 1.61. The van der Waals surface area contributed by atoms with Crippen molar-refractivity contribution in [2.45, 2.75) is 117 Å². The monoisotopic (exact) mass is 1740 g/mol. The van der Waals surface area contributed by atoms with Crippen molar-refractivity contribution in [3.63, 3.8) is 0 Å². The molecule has 16 aromatic rings. The lowest BCUT2D eigenvalue weighted by Crippen LogP contribution is -2.46. The Bertz CT molecular complexity index is 5780. The minimum atomic E-state index is -1.52. The van der Waals surface area contributed by atoms with Crippen LogP contribution in [-0.2, 0) is 98.1 Å². The second kappa shape index (κ2) is 44.9. The zero-order valence-electron chi connectivity index (χ0n) is 72.9. The fourth-order valence-electron chi connectivity index (χ4n) is 15.5. The number of nitrogens with one attached hydrogen (secondary N) is 1. The topological polar surface area (TPSA) is 161 Å². The maximum Gasteiger partial charge on any atom is 0.130 e. The van der Waals surface area contributed by atoms with E-state index in [9.17, 15) is 5.11 Å². The second-order valence-corrected chi connectivity index (χ2v) is 32.3. The summed E-state index contributed by atoms with van der Waals surface area (Å²) in [5, 5.41) is 17.2. The smallest absolute Gasteiger partial charge is 0.130 e. The van der Waals surface area contributed by atoms with E-state index in [0.717, 1.165) is 97.3 Å².